The number of aliphatic imine (C=N–C) groups is 1. The molecule has 0 unspecified atom stereocenters. The summed E-state index contributed by atoms with van der Waals surface area (Å²) in [6.45, 7) is 13.7. The summed E-state index contributed by atoms with van der Waals surface area (Å²) in [6, 6.07) is 0. The summed E-state index contributed by atoms with van der Waals surface area (Å²) in [5.74, 6) is 0.938. The van der Waals surface area contributed by atoms with Crippen molar-refractivity contribution in [2.24, 2.45) is 4.99 Å². The number of halogens is 1. The van der Waals surface area contributed by atoms with Gasteiger partial charge in [-0.05, 0) is 59.9 Å². The standard InChI is InChI=1S/C19H42N6O.HI/c1-5-20-19(22-10-15-23(2)12-8-18-26-4)21-9-6-13-25-14-7-11-24(3)16-17-25;/h5-18H2,1-4H3,(H2,20,21,22);1H. The fourth-order valence-corrected chi connectivity index (χ4v) is 3.11. The number of rotatable bonds is 12. The molecule has 0 aliphatic carbocycles. The molecule has 0 aromatic carbocycles. The first-order chi connectivity index (χ1) is 12.7. The van der Waals surface area contributed by atoms with Gasteiger partial charge in [-0.1, -0.05) is 0 Å². The molecular weight excluding hydrogens is 455 g/mol. The Morgan fingerprint density at radius 3 is 2.67 bits per heavy atom. The maximum atomic E-state index is 5.10. The van der Waals surface area contributed by atoms with Crippen molar-refractivity contribution in [3.8, 4) is 0 Å². The zero-order valence-electron chi connectivity index (χ0n) is 18.0. The van der Waals surface area contributed by atoms with Crippen LogP contribution in [0.3, 0.4) is 0 Å². The minimum Gasteiger partial charge on any atom is -0.385 e. The van der Waals surface area contributed by atoms with Gasteiger partial charge >= 0.3 is 0 Å². The average Bonchev–Trinajstić information content (AvgIpc) is 2.83. The van der Waals surface area contributed by atoms with Gasteiger partial charge in [-0.15, -0.1) is 24.0 Å². The van der Waals surface area contributed by atoms with E-state index in [1.54, 1.807) is 7.11 Å². The Labute approximate surface area is 184 Å². The molecule has 162 valence electrons. The molecule has 27 heavy (non-hydrogen) atoms. The van der Waals surface area contributed by atoms with Gasteiger partial charge in [0, 0.05) is 59.5 Å². The molecule has 0 aromatic heterocycles. The highest BCUT2D eigenvalue weighted by Gasteiger charge is 2.11. The van der Waals surface area contributed by atoms with Gasteiger partial charge in [0.2, 0.25) is 0 Å². The quantitative estimate of drug-likeness (QED) is 0.182. The summed E-state index contributed by atoms with van der Waals surface area (Å²) < 4.78 is 5.10. The first kappa shape index (κ1) is 26.8. The maximum Gasteiger partial charge on any atom is 0.191 e. The van der Waals surface area contributed by atoms with Gasteiger partial charge < -0.3 is 30.1 Å². The summed E-state index contributed by atoms with van der Waals surface area (Å²) in [4.78, 5) is 12.1. The number of nitrogens with one attached hydrogen (secondary N) is 2. The summed E-state index contributed by atoms with van der Waals surface area (Å²) in [6.07, 6.45) is 3.48. The molecule has 0 bridgehead atoms. The minimum absolute atomic E-state index is 0. The van der Waals surface area contributed by atoms with Crippen LogP contribution in [-0.4, -0.2) is 114 Å². The van der Waals surface area contributed by atoms with Gasteiger partial charge in [-0.3, -0.25) is 4.99 Å². The molecular formula is C19H43IN6O. The predicted molar refractivity (Wildman–Crippen MR) is 127 cm³/mol. The molecule has 0 atom stereocenters. The summed E-state index contributed by atoms with van der Waals surface area (Å²) >= 11 is 0. The molecule has 0 radical (unpaired) electrons. The third-order valence-electron chi connectivity index (χ3n) is 4.73. The molecule has 0 aromatic rings. The minimum atomic E-state index is 0. The summed E-state index contributed by atoms with van der Waals surface area (Å²) in [5.41, 5.74) is 0. The second-order valence-corrected chi connectivity index (χ2v) is 7.19. The Morgan fingerprint density at radius 1 is 1.11 bits per heavy atom. The number of guanidine groups is 1. The smallest absolute Gasteiger partial charge is 0.191 e. The normalized spacial score (nSPS) is 16.9. The van der Waals surface area contributed by atoms with E-state index in [2.05, 4.69) is 46.4 Å². The van der Waals surface area contributed by atoms with Crippen LogP contribution in [0.4, 0.5) is 0 Å². The lowest BCUT2D eigenvalue weighted by molar-refractivity contribution is 0.180. The number of likely N-dealkylation sites (N-methyl/N-ethyl adjacent to an activating group) is 2. The van der Waals surface area contributed by atoms with Crippen molar-refractivity contribution in [3.05, 3.63) is 0 Å². The second kappa shape index (κ2) is 17.9. The topological polar surface area (TPSA) is 55.4 Å². The van der Waals surface area contributed by atoms with Crippen LogP contribution in [0.25, 0.3) is 0 Å². The molecule has 1 fully saturated rings. The fraction of sp³-hybridized carbons (Fsp3) is 0.947. The van der Waals surface area contributed by atoms with E-state index in [1.165, 1.54) is 32.6 Å². The molecule has 1 heterocycles. The Balaban J connectivity index is 0.00000676. The number of ether oxygens (including phenoxy) is 1. The summed E-state index contributed by atoms with van der Waals surface area (Å²) in [5, 5.41) is 6.78. The highest BCUT2D eigenvalue weighted by molar-refractivity contribution is 14.0. The molecule has 1 rings (SSSR count). The monoisotopic (exact) mass is 498 g/mol. The van der Waals surface area contributed by atoms with Crippen LogP contribution in [0.2, 0.25) is 0 Å². The van der Waals surface area contributed by atoms with Gasteiger partial charge in [0.05, 0.1) is 0 Å². The average molecular weight is 498 g/mol. The first-order valence-electron chi connectivity index (χ1n) is 10.3. The maximum absolute atomic E-state index is 5.10. The van der Waals surface area contributed by atoms with Gasteiger partial charge in [0.15, 0.2) is 5.96 Å². The SMILES string of the molecule is CCNC(=NCCCN1CCCN(C)CC1)NCCN(C)CCCOC.I. The third-order valence-corrected chi connectivity index (χ3v) is 4.73. The van der Waals surface area contributed by atoms with Crippen molar-refractivity contribution in [1.29, 1.82) is 0 Å². The highest BCUT2D eigenvalue weighted by atomic mass is 127. The lowest BCUT2D eigenvalue weighted by Crippen LogP contribution is -2.41. The highest BCUT2D eigenvalue weighted by Crippen LogP contribution is 2.01. The van der Waals surface area contributed by atoms with Crippen molar-refractivity contribution in [2.75, 3.05) is 93.3 Å². The number of hydrogen-bond donors (Lipinski definition) is 2. The van der Waals surface area contributed by atoms with Crippen LogP contribution < -0.4 is 10.6 Å². The van der Waals surface area contributed by atoms with Crippen molar-refractivity contribution >= 4 is 29.9 Å². The molecule has 1 aliphatic heterocycles. The Bertz CT molecular complexity index is 372. The summed E-state index contributed by atoms with van der Waals surface area (Å²) in [7, 11) is 6.13. The zero-order chi connectivity index (χ0) is 19.0. The lowest BCUT2D eigenvalue weighted by atomic mass is 10.3. The molecule has 7 nitrogen and oxygen atoms in total. The van der Waals surface area contributed by atoms with E-state index in [-0.39, 0.29) is 24.0 Å². The zero-order valence-corrected chi connectivity index (χ0v) is 20.3. The first-order valence-corrected chi connectivity index (χ1v) is 10.3. The van der Waals surface area contributed by atoms with Crippen molar-refractivity contribution in [3.63, 3.8) is 0 Å². The predicted octanol–water partition coefficient (Wildman–Crippen LogP) is 1.16. The second-order valence-electron chi connectivity index (χ2n) is 7.19. The van der Waals surface area contributed by atoms with Crippen LogP contribution >= 0.6 is 24.0 Å². The van der Waals surface area contributed by atoms with Crippen LogP contribution in [0.15, 0.2) is 4.99 Å². The Morgan fingerprint density at radius 2 is 1.93 bits per heavy atom. The van der Waals surface area contributed by atoms with Crippen LogP contribution in [0, 0.1) is 0 Å². The van der Waals surface area contributed by atoms with Crippen molar-refractivity contribution < 1.29 is 4.74 Å². The van der Waals surface area contributed by atoms with Crippen LogP contribution in [-0.2, 0) is 4.74 Å². The third kappa shape index (κ3) is 14.5. The number of methoxy groups -OCH3 is 1. The number of nitrogens with zero attached hydrogens (tertiary/aromatic N) is 4. The molecule has 0 amide bonds. The van der Waals surface area contributed by atoms with Gasteiger partial charge in [-0.2, -0.15) is 0 Å². The molecule has 8 heteroatoms. The van der Waals surface area contributed by atoms with E-state index in [0.717, 1.165) is 64.7 Å². The molecule has 1 saturated heterocycles. The van der Waals surface area contributed by atoms with Gasteiger partial charge in [0.25, 0.3) is 0 Å². The van der Waals surface area contributed by atoms with Crippen LogP contribution in [0.5, 0.6) is 0 Å². The van der Waals surface area contributed by atoms with Crippen molar-refractivity contribution in [2.45, 2.75) is 26.2 Å². The van der Waals surface area contributed by atoms with Gasteiger partial charge in [-0.25, -0.2) is 0 Å². The molecule has 1 aliphatic rings. The Hall–Kier alpha value is -0.160. The van der Waals surface area contributed by atoms with E-state index in [0.29, 0.717) is 0 Å². The molecule has 0 saturated carbocycles. The largest absolute Gasteiger partial charge is 0.385 e. The van der Waals surface area contributed by atoms with E-state index in [4.69, 9.17) is 9.73 Å². The van der Waals surface area contributed by atoms with E-state index >= 15 is 0 Å². The van der Waals surface area contributed by atoms with E-state index in [1.807, 2.05) is 0 Å². The van der Waals surface area contributed by atoms with E-state index in [9.17, 15) is 0 Å². The molecule has 2 N–H and O–H groups in total. The molecule has 0 spiro atoms. The van der Waals surface area contributed by atoms with Crippen LogP contribution in [0.1, 0.15) is 26.2 Å². The van der Waals surface area contributed by atoms with Crippen molar-refractivity contribution in [1.82, 2.24) is 25.3 Å². The van der Waals surface area contributed by atoms with E-state index < -0.39 is 0 Å². The Kier molecular flexibility index (Phi) is 17.8. The number of hydrogen-bond acceptors (Lipinski definition) is 5. The lowest BCUT2D eigenvalue weighted by Gasteiger charge is -2.20. The fourth-order valence-electron chi connectivity index (χ4n) is 3.11. The van der Waals surface area contributed by atoms with Gasteiger partial charge in [0.1, 0.15) is 0 Å².